The van der Waals surface area contributed by atoms with E-state index in [4.69, 9.17) is 5.73 Å². The minimum Gasteiger partial charge on any atom is -0.341 e. The highest BCUT2D eigenvalue weighted by Crippen LogP contribution is 2.30. The molecule has 1 aliphatic carbocycles. The fourth-order valence-corrected chi connectivity index (χ4v) is 2.55. The molecule has 3 nitrogen and oxygen atoms in total. The minimum atomic E-state index is -0.113. The number of nitrogens with two attached hydrogens (primary N) is 1. The van der Waals surface area contributed by atoms with Crippen LogP contribution in [0.1, 0.15) is 45.4 Å². The second-order valence-corrected chi connectivity index (χ2v) is 5.21. The van der Waals surface area contributed by atoms with Crippen LogP contribution in [0.25, 0.3) is 0 Å². The molecular formula is C12H22N2O. The number of carbonyl (C=O) groups excluding carboxylic acids is 1. The zero-order valence-corrected chi connectivity index (χ0v) is 9.67. The van der Waals surface area contributed by atoms with Gasteiger partial charge in [-0.3, -0.25) is 4.79 Å². The number of rotatable bonds is 2. The molecule has 2 fully saturated rings. The Labute approximate surface area is 92.0 Å². The lowest BCUT2D eigenvalue weighted by Crippen LogP contribution is -2.56. The van der Waals surface area contributed by atoms with Crippen LogP contribution in [0.15, 0.2) is 0 Å². The van der Waals surface area contributed by atoms with Gasteiger partial charge in [-0.25, -0.2) is 0 Å². The molecule has 1 amide bonds. The molecule has 1 heterocycles. The monoisotopic (exact) mass is 210 g/mol. The number of likely N-dealkylation sites (tertiary alicyclic amines) is 1. The lowest BCUT2D eigenvalue weighted by Gasteiger charge is -2.42. The number of hydrogen-bond donors (Lipinski definition) is 1. The van der Waals surface area contributed by atoms with Crippen molar-refractivity contribution in [1.29, 1.82) is 0 Å². The highest BCUT2D eigenvalue weighted by atomic mass is 16.2. The van der Waals surface area contributed by atoms with Crippen LogP contribution in [0.4, 0.5) is 0 Å². The van der Waals surface area contributed by atoms with Crippen molar-refractivity contribution in [1.82, 2.24) is 4.90 Å². The lowest BCUT2D eigenvalue weighted by atomic mass is 9.82. The van der Waals surface area contributed by atoms with Crippen molar-refractivity contribution >= 4 is 5.91 Å². The number of carbonyl (C=O) groups is 1. The smallest absolute Gasteiger partial charge is 0.225 e. The van der Waals surface area contributed by atoms with E-state index in [2.05, 4.69) is 6.92 Å². The molecule has 0 aromatic heterocycles. The predicted octanol–water partition coefficient (Wildman–Crippen LogP) is 1.52. The van der Waals surface area contributed by atoms with Crippen molar-refractivity contribution in [2.45, 2.75) is 51.0 Å². The van der Waals surface area contributed by atoms with Crippen molar-refractivity contribution in [3.8, 4) is 0 Å². The molecule has 86 valence electrons. The Kier molecular flexibility index (Phi) is 3.01. The zero-order valence-electron chi connectivity index (χ0n) is 9.67. The Morgan fingerprint density at radius 1 is 1.47 bits per heavy atom. The fourth-order valence-electron chi connectivity index (χ4n) is 2.55. The maximum absolute atomic E-state index is 12.1. The Balaban J connectivity index is 1.94. The van der Waals surface area contributed by atoms with Gasteiger partial charge >= 0.3 is 0 Å². The second kappa shape index (κ2) is 4.12. The highest BCUT2D eigenvalue weighted by Gasteiger charge is 2.36. The zero-order chi connectivity index (χ0) is 10.9. The standard InChI is InChI=1S/C12H22N2O/c1-2-12(13)7-4-8-14(9-12)11(15)10-5-3-6-10/h10H,2-9,13H2,1H3. The largest absolute Gasteiger partial charge is 0.341 e. The van der Waals surface area contributed by atoms with E-state index < -0.39 is 0 Å². The predicted molar refractivity (Wildman–Crippen MR) is 60.4 cm³/mol. The molecule has 0 aromatic carbocycles. The third-order valence-electron chi connectivity index (χ3n) is 4.08. The van der Waals surface area contributed by atoms with Crippen LogP contribution in [-0.4, -0.2) is 29.4 Å². The quantitative estimate of drug-likeness (QED) is 0.751. The van der Waals surface area contributed by atoms with Gasteiger partial charge in [0.15, 0.2) is 0 Å². The molecule has 1 unspecified atom stereocenters. The van der Waals surface area contributed by atoms with Crippen LogP contribution in [-0.2, 0) is 4.79 Å². The average molecular weight is 210 g/mol. The number of hydrogen-bond acceptors (Lipinski definition) is 2. The molecule has 1 atom stereocenters. The fraction of sp³-hybridized carbons (Fsp3) is 0.917. The van der Waals surface area contributed by atoms with Crippen molar-refractivity contribution in [2.75, 3.05) is 13.1 Å². The topological polar surface area (TPSA) is 46.3 Å². The van der Waals surface area contributed by atoms with Crippen LogP contribution >= 0.6 is 0 Å². The summed E-state index contributed by atoms with van der Waals surface area (Å²) in [4.78, 5) is 14.1. The summed E-state index contributed by atoms with van der Waals surface area (Å²) in [7, 11) is 0. The molecular weight excluding hydrogens is 188 g/mol. The summed E-state index contributed by atoms with van der Waals surface area (Å²) in [6.07, 6.45) is 6.53. The maximum Gasteiger partial charge on any atom is 0.225 e. The van der Waals surface area contributed by atoms with Crippen molar-refractivity contribution in [3.05, 3.63) is 0 Å². The highest BCUT2D eigenvalue weighted by molar-refractivity contribution is 5.79. The molecule has 1 saturated carbocycles. The summed E-state index contributed by atoms with van der Waals surface area (Å²) in [5.41, 5.74) is 6.14. The van der Waals surface area contributed by atoms with Gasteiger partial charge in [0.2, 0.25) is 5.91 Å². The molecule has 15 heavy (non-hydrogen) atoms. The van der Waals surface area contributed by atoms with E-state index in [1.54, 1.807) is 0 Å². The van der Waals surface area contributed by atoms with Crippen LogP contribution in [0, 0.1) is 5.92 Å². The van der Waals surface area contributed by atoms with Gasteiger partial charge in [0.1, 0.15) is 0 Å². The first-order valence-electron chi connectivity index (χ1n) is 6.22. The first-order valence-corrected chi connectivity index (χ1v) is 6.22. The van der Waals surface area contributed by atoms with E-state index in [-0.39, 0.29) is 5.54 Å². The molecule has 0 spiro atoms. The van der Waals surface area contributed by atoms with E-state index >= 15 is 0 Å². The molecule has 2 aliphatic rings. The van der Waals surface area contributed by atoms with Crippen LogP contribution < -0.4 is 5.73 Å². The molecule has 2 rings (SSSR count). The normalized spacial score (nSPS) is 32.5. The van der Waals surface area contributed by atoms with E-state index in [1.807, 2.05) is 4.90 Å². The van der Waals surface area contributed by atoms with E-state index in [1.165, 1.54) is 6.42 Å². The van der Waals surface area contributed by atoms with Crippen molar-refractivity contribution in [3.63, 3.8) is 0 Å². The summed E-state index contributed by atoms with van der Waals surface area (Å²) in [5, 5.41) is 0. The van der Waals surface area contributed by atoms with E-state index in [0.717, 1.165) is 45.2 Å². The van der Waals surface area contributed by atoms with Gasteiger partial charge in [0.25, 0.3) is 0 Å². The first-order chi connectivity index (χ1) is 7.14. The minimum absolute atomic E-state index is 0.113. The molecule has 0 bridgehead atoms. The van der Waals surface area contributed by atoms with Crippen LogP contribution in [0.5, 0.6) is 0 Å². The van der Waals surface area contributed by atoms with Gasteiger partial charge in [0.05, 0.1) is 0 Å². The van der Waals surface area contributed by atoms with E-state index in [9.17, 15) is 4.79 Å². The summed E-state index contributed by atoms with van der Waals surface area (Å²) < 4.78 is 0. The molecule has 1 saturated heterocycles. The molecule has 1 aliphatic heterocycles. The Hall–Kier alpha value is -0.570. The van der Waals surface area contributed by atoms with Crippen molar-refractivity contribution in [2.24, 2.45) is 11.7 Å². The number of nitrogens with zero attached hydrogens (tertiary/aromatic N) is 1. The number of piperidine rings is 1. The third kappa shape index (κ3) is 2.17. The molecule has 3 heteroatoms. The SMILES string of the molecule is CCC1(N)CCCN(C(=O)C2CCC2)C1. The van der Waals surface area contributed by atoms with E-state index in [0.29, 0.717) is 11.8 Å². The van der Waals surface area contributed by atoms with Gasteiger partial charge < -0.3 is 10.6 Å². The lowest BCUT2D eigenvalue weighted by molar-refractivity contribution is -0.140. The summed E-state index contributed by atoms with van der Waals surface area (Å²) in [5.74, 6) is 0.688. The van der Waals surface area contributed by atoms with Crippen LogP contribution in [0.3, 0.4) is 0 Å². The first kappa shape index (κ1) is 10.9. The van der Waals surface area contributed by atoms with Crippen molar-refractivity contribution < 1.29 is 4.79 Å². The summed E-state index contributed by atoms with van der Waals surface area (Å²) in [6.45, 7) is 3.82. The Bertz CT molecular complexity index is 250. The molecule has 2 N–H and O–H groups in total. The second-order valence-electron chi connectivity index (χ2n) is 5.21. The maximum atomic E-state index is 12.1. The summed E-state index contributed by atoms with van der Waals surface area (Å²) in [6, 6.07) is 0. The van der Waals surface area contributed by atoms with Gasteiger partial charge in [-0.2, -0.15) is 0 Å². The van der Waals surface area contributed by atoms with Gasteiger partial charge in [-0.05, 0) is 32.1 Å². The molecule has 0 radical (unpaired) electrons. The number of amides is 1. The van der Waals surface area contributed by atoms with Gasteiger partial charge in [-0.1, -0.05) is 13.3 Å². The van der Waals surface area contributed by atoms with Gasteiger partial charge in [-0.15, -0.1) is 0 Å². The molecule has 0 aromatic rings. The Morgan fingerprint density at radius 3 is 2.73 bits per heavy atom. The average Bonchev–Trinajstić information content (AvgIpc) is 2.15. The van der Waals surface area contributed by atoms with Gasteiger partial charge in [0, 0.05) is 24.5 Å². The van der Waals surface area contributed by atoms with Crippen LogP contribution in [0.2, 0.25) is 0 Å². The summed E-state index contributed by atoms with van der Waals surface area (Å²) >= 11 is 0. The third-order valence-corrected chi connectivity index (χ3v) is 4.08. The Morgan fingerprint density at radius 2 is 2.20 bits per heavy atom.